The molecule has 0 atom stereocenters. The van der Waals surface area contributed by atoms with Crippen molar-refractivity contribution in [2.24, 2.45) is 0 Å². The van der Waals surface area contributed by atoms with Gasteiger partial charge in [0.15, 0.2) is 0 Å². The maximum atomic E-state index is 11.7. The Morgan fingerprint density at radius 1 is 1.25 bits per heavy atom. The van der Waals surface area contributed by atoms with Crippen LogP contribution in [0.1, 0.15) is 10.4 Å². The van der Waals surface area contributed by atoms with Gasteiger partial charge >= 0.3 is 0 Å². The van der Waals surface area contributed by atoms with E-state index in [1.807, 2.05) is 0 Å². The minimum Gasteiger partial charge on any atom is -0.290 e. The van der Waals surface area contributed by atoms with Crippen molar-refractivity contribution in [3.63, 3.8) is 0 Å². The maximum absolute atomic E-state index is 11.7. The fraction of sp³-hybridized carbons (Fsp3) is 0. The molecule has 6 heteroatoms. The highest BCUT2D eigenvalue weighted by atomic mass is 35.5. The zero-order valence-corrected chi connectivity index (χ0v) is 8.85. The van der Waals surface area contributed by atoms with Gasteiger partial charge in [-0.2, -0.15) is 0 Å². The molecule has 1 amide bonds. The Bertz CT molecular complexity index is 503. The number of nitrogens with one attached hydrogen (secondary N) is 1. The van der Waals surface area contributed by atoms with E-state index in [0.29, 0.717) is 5.56 Å². The third-order valence-corrected chi connectivity index (χ3v) is 2.11. The average molecular weight is 235 g/mol. The first-order valence-electron chi connectivity index (χ1n) is 4.45. The molecule has 1 N–H and O–H groups in total. The fourth-order valence-corrected chi connectivity index (χ4v) is 1.30. The number of carbonyl (C=O) groups excluding carboxylic acids is 1. The van der Waals surface area contributed by atoms with E-state index in [-0.39, 0.29) is 16.9 Å². The number of carbonyl (C=O) groups is 1. The fourth-order valence-electron chi connectivity index (χ4n) is 1.09. The second kappa shape index (κ2) is 4.67. The lowest BCUT2D eigenvalue weighted by molar-refractivity contribution is 0.102. The minimum atomic E-state index is -0.362. The minimum absolute atomic E-state index is 0.236. The summed E-state index contributed by atoms with van der Waals surface area (Å²) in [6, 6.07) is 3.19. The summed E-state index contributed by atoms with van der Waals surface area (Å²) < 4.78 is 0. The first-order valence-corrected chi connectivity index (χ1v) is 4.83. The van der Waals surface area contributed by atoms with Gasteiger partial charge in [-0.25, -0.2) is 9.97 Å². The second-order valence-corrected chi connectivity index (χ2v) is 3.29. The predicted octanol–water partition coefficient (Wildman–Crippen LogP) is 1.78. The molecule has 80 valence electrons. The van der Waals surface area contributed by atoms with Crippen molar-refractivity contribution in [1.82, 2.24) is 15.0 Å². The third kappa shape index (κ3) is 2.32. The molecule has 0 fully saturated rings. The Balaban J connectivity index is 2.19. The van der Waals surface area contributed by atoms with Gasteiger partial charge in [-0.3, -0.25) is 15.1 Å². The standard InChI is InChI=1S/C10H7ClN4O/c11-8-6-12-5-2-7(8)9(16)15-10-13-3-1-4-14-10/h1-6H,(H,13,14,15,16). The Morgan fingerprint density at radius 2 is 2.00 bits per heavy atom. The molecule has 0 aliphatic heterocycles. The molecule has 2 aromatic heterocycles. The molecular formula is C10H7ClN4O. The summed E-state index contributed by atoms with van der Waals surface area (Å²) in [5.74, 6) is -0.126. The number of hydrogen-bond donors (Lipinski definition) is 1. The number of nitrogens with zero attached hydrogens (tertiary/aromatic N) is 3. The molecule has 16 heavy (non-hydrogen) atoms. The van der Waals surface area contributed by atoms with E-state index in [1.165, 1.54) is 30.9 Å². The van der Waals surface area contributed by atoms with Crippen molar-refractivity contribution >= 4 is 23.5 Å². The van der Waals surface area contributed by atoms with Crippen LogP contribution in [0.5, 0.6) is 0 Å². The van der Waals surface area contributed by atoms with Gasteiger partial charge in [0.2, 0.25) is 5.95 Å². The Kier molecular flexibility index (Phi) is 3.07. The van der Waals surface area contributed by atoms with Crippen molar-refractivity contribution in [1.29, 1.82) is 0 Å². The van der Waals surface area contributed by atoms with Gasteiger partial charge < -0.3 is 0 Å². The molecule has 5 nitrogen and oxygen atoms in total. The lowest BCUT2D eigenvalue weighted by Gasteiger charge is -2.03. The van der Waals surface area contributed by atoms with Crippen LogP contribution in [0.3, 0.4) is 0 Å². The van der Waals surface area contributed by atoms with Crippen molar-refractivity contribution in [2.75, 3.05) is 5.32 Å². The topological polar surface area (TPSA) is 67.8 Å². The first-order chi connectivity index (χ1) is 7.77. The van der Waals surface area contributed by atoms with Crippen LogP contribution in [0.25, 0.3) is 0 Å². The van der Waals surface area contributed by atoms with Crippen molar-refractivity contribution in [3.05, 3.63) is 47.5 Å². The molecule has 2 rings (SSSR count). The molecule has 2 heterocycles. The Hall–Kier alpha value is -2.01. The number of hydrogen-bond acceptors (Lipinski definition) is 4. The lowest BCUT2D eigenvalue weighted by atomic mass is 10.2. The van der Waals surface area contributed by atoms with Crippen molar-refractivity contribution in [2.45, 2.75) is 0 Å². The zero-order chi connectivity index (χ0) is 11.4. The Morgan fingerprint density at radius 3 is 2.69 bits per heavy atom. The summed E-state index contributed by atoms with van der Waals surface area (Å²) in [6.45, 7) is 0. The quantitative estimate of drug-likeness (QED) is 0.860. The molecule has 0 saturated carbocycles. The van der Waals surface area contributed by atoms with E-state index in [2.05, 4.69) is 20.3 Å². The largest absolute Gasteiger partial charge is 0.290 e. The number of amides is 1. The Labute approximate surface area is 96.5 Å². The monoisotopic (exact) mass is 234 g/mol. The molecule has 0 aliphatic carbocycles. The van der Waals surface area contributed by atoms with Gasteiger partial charge in [-0.1, -0.05) is 11.6 Å². The van der Waals surface area contributed by atoms with Crippen LogP contribution in [0.2, 0.25) is 5.02 Å². The van der Waals surface area contributed by atoms with Crippen LogP contribution in [0.4, 0.5) is 5.95 Å². The summed E-state index contributed by atoms with van der Waals surface area (Å²) in [7, 11) is 0. The molecule has 0 unspecified atom stereocenters. The molecular weight excluding hydrogens is 228 g/mol. The van der Waals surface area contributed by atoms with Crippen LogP contribution in [-0.4, -0.2) is 20.9 Å². The summed E-state index contributed by atoms with van der Waals surface area (Å²) in [5, 5.41) is 2.81. The van der Waals surface area contributed by atoms with Crippen LogP contribution >= 0.6 is 11.6 Å². The average Bonchev–Trinajstić information content (AvgIpc) is 2.31. The van der Waals surface area contributed by atoms with E-state index >= 15 is 0 Å². The number of aromatic nitrogens is 3. The SMILES string of the molecule is O=C(Nc1ncccn1)c1ccncc1Cl. The molecule has 0 saturated heterocycles. The zero-order valence-electron chi connectivity index (χ0n) is 8.09. The normalized spacial score (nSPS) is 9.81. The van der Waals surface area contributed by atoms with Gasteiger partial charge in [0.05, 0.1) is 10.6 Å². The highest BCUT2D eigenvalue weighted by Crippen LogP contribution is 2.14. The number of pyridine rings is 1. The van der Waals surface area contributed by atoms with Crippen molar-refractivity contribution < 1.29 is 4.79 Å². The highest BCUT2D eigenvalue weighted by Gasteiger charge is 2.10. The van der Waals surface area contributed by atoms with Gasteiger partial charge in [0, 0.05) is 24.8 Å². The van der Waals surface area contributed by atoms with Gasteiger partial charge in [-0.15, -0.1) is 0 Å². The maximum Gasteiger partial charge on any atom is 0.259 e. The second-order valence-electron chi connectivity index (χ2n) is 2.88. The third-order valence-electron chi connectivity index (χ3n) is 1.81. The summed E-state index contributed by atoms with van der Waals surface area (Å²) in [6.07, 6.45) is 5.97. The predicted molar refractivity (Wildman–Crippen MR) is 59.2 cm³/mol. The lowest BCUT2D eigenvalue weighted by Crippen LogP contribution is -2.14. The van der Waals surface area contributed by atoms with Crippen LogP contribution in [0.15, 0.2) is 36.9 Å². The summed E-state index contributed by atoms with van der Waals surface area (Å²) in [5.41, 5.74) is 0.337. The van der Waals surface area contributed by atoms with Gasteiger partial charge in [0.1, 0.15) is 0 Å². The summed E-state index contributed by atoms with van der Waals surface area (Å²) in [4.78, 5) is 23.3. The molecule has 0 aromatic carbocycles. The van der Waals surface area contributed by atoms with Crippen LogP contribution in [0, 0.1) is 0 Å². The molecule has 0 spiro atoms. The molecule has 0 bridgehead atoms. The molecule has 0 radical (unpaired) electrons. The number of halogens is 1. The first kappa shape index (κ1) is 10.5. The summed E-state index contributed by atoms with van der Waals surface area (Å²) >= 11 is 5.82. The van der Waals surface area contributed by atoms with Crippen molar-refractivity contribution in [3.8, 4) is 0 Å². The van der Waals surface area contributed by atoms with Gasteiger partial charge in [0.25, 0.3) is 5.91 Å². The number of anilines is 1. The van der Waals surface area contributed by atoms with E-state index in [9.17, 15) is 4.79 Å². The molecule has 0 aliphatic rings. The van der Waals surface area contributed by atoms with E-state index in [0.717, 1.165) is 0 Å². The van der Waals surface area contributed by atoms with Crippen LogP contribution in [-0.2, 0) is 0 Å². The number of rotatable bonds is 2. The van der Waals surface area contributed by atoms with E-state index < -0.39 is 0 Å². The molecule has 2 aromatic rings. The highest BCUT2D eigenvalue weighted by molar-refractivity contribution is 6.34. The van der Waals surface area contributed by atoms with Crippen LogP contribution < -0.4 is 5.32 Å². The smallest absolute Gasteiger partial charge is 0.259 e. The van der Waals surface area contributed by atoms with E-state index in [1.54, 1.807) is 6.07 Å². The van der Waals surface area contributed by atoms with Gasteiger partial charge in [-0.05, 0) is 12.1 Å². The van der Waals surface area contributed by atoms with E-state index in [4.69, 9.17) is 11.6 Å².